The minimum atomic E-state index is -0.870. The average Bonchev–Trinajstić information content (AvgIpc) is 3.06. The molecule has 1 aromatic rings. The first kappa shape index (κ1) is 22.7. The van der Waals surface area contributed by atoms with Crippen LogP contribution < -0.4 is 10.6 Å². The first-order chi connectivity index (χ1) is 10.4. The molecule has 0 unspecified atom stereocenters. The van der Waals surface area contributed by atoms with Crippen molar-refractivity contribution in [2.24, 2.45) is 5.92 Å². The summed E-state index contributed by atoms with van der Waals surface area (Å²) >= 11 is 0. The number of nitrogens with zero attached hydrogens (tertiary/aromatic N) is 1. The zero-order chi connectivity index (χ0) is 16.3. The molecule has 7 nitrogen and oxygen atoms in total. The van der Waals surface area contributed by atoms with E-state index < -0.39 is 12.0 Å². The number of carbonyl (C=O) groups is 2. The summed E-state index contributed by atoms with van der Waals surface area (Å²) in [7, 11) is 0. The van der Waals surface area contributed by atoms with Gasteiger partial charge in [-0.25, -0.2) is 4.98 Å². The SMILES string of the molecule is CC(=O)N[C@@H](CC(C)C)[C@@H]1N[C@@H](C(=O)O)C[C@H]1c1ncc[nH]1.Cl.Cl. The third-order valence-corrected chi connectivity index (χ3v) is 4.03. The van der Waals surface area contributed by atoms with Gasteiger partial charge in [-0.15, -0.1) is 24.8 Å². The molecule has 1 aromatic heterocycles. The summed E-state index contributed by atoms with van der Waals surface area (Å²) in [4.78, 5) is 30.2. The number of carbonyl (C=O) groups excluding carboxylic acids is 1. The molecular formula is C15H26Cl2N4O3. The summed E-state index contributed by atoms with van der Waals surface area (Å²) < 4.78 is 0. The highest BCUT2D eigenvalue weighted by Crippen LogP contribution is 2.32. The third kappa shape index (κ3) is 5.65. The van der Waals surface area contributed by atoms with Crippen LogP contribution in [0, 0.1) is 5.92 Å². The van der Waals surface area contributed by atoms with Gasteiger partial charge in [0.05, 0.1) is 0 Å². The van der Waals surface area contributed by atoms with E-state index in [1.807, 2.05) is 0 Å². The van der Waals surface area contributed by atoms with Crippen LogP contribution >= 0.6 is 24.8 Å². The van der Waals surface area contributed by atoms with Crippen LogP contribution in [-0.2, 0) is 9.59 Å². The topological polar surface area (TPSA) is 107 Å². The smallest absolute Gasteiger partial charge is 0.320 e. The number of aliphatic carboxylic acids is 1. The fourth-order valence-electron chi connectivity index (χ4n) is 3.21. The molecule has 0 saturated carbocycles. The second kappa shape index (κ2) is 9.86. The number of imidazole rings is 1. The summed E-state index contributed by atoms with van der Waals surface area (Å²) in [5.41, 5.74) is 0. The maximum absolute atomic E-state index is 11.5. The average molecular weight is 381 g/mol. The van der Waals surface area contributed by atoms with Crippen LogP contribution in [0.2, 0.25) is 0 Å². The number of halogens is 2. The van der Waals surface area contributed by atoms with Crippen LogP contribution in [-0.4, -0.2) is 45.1 Å². The number of carboxylic acids is 1. The van der Waals surface area contributed by atoms with E-state index in [0.29, 0.717) is 12.3 Å². The molecule has 0 bridgehead atoms. The van der Waals surface area contributed by atoms with E-state index in [1.54, 1.807) is 12.4 Å². The minimum absolute atomic E-state index is 0. The lowest BCUT2D eigenvalue weighted by molar-refractivity contribution is -0.139. The molecule has 0 radical (unpaired) electrons. The second-order valence-corrected chi connectivity index (χ2v) is 6.34. The Hall–Kier alpha value is -1.31. The number of amides is 1. The molecule has 1 saturated heterocycles. The molecule has 4 N–H and O–H groups in total. The molecule has 0 spiro atoms. The van der Waals surface area contributed by atoms with Crippen molar-refractivity contribution in [3.05, 3.63) is 18.2 Å². The van der Waals surface area contributed by atoms with Crippen molar-refractivity contribution in [3.8, 4) is 0 Å². The third-order valence-electron chi connectivity index (χ3n) is 4.03. The zero-order valence-corrected chi connectivity index (χ0v) is 15.6. The molecule has 1 amide bonds. The summed E-state index contributed by atoms with van der Waals surface area (Å²) in [5.74, 6) is 0.112. The van der Waals surface area contributed by atoms with E-state index >= 15 is 0 Å². The van der Waals surface area contributed by atoms with Crippen molar-refractivity contribution >= 4 is 36.7 Å². The Kier molecular flexibility index (Phi) is 9.32. The van der Waals surface area contributed by atoms with Gasteiger partial charge < -0.3 is 15.4 Å². The first-order valence-corrected chi connectivity index (χ1v) is 7.63. The summed E-state index contributed by atoms with van der Waals surface area (Å²) in [6.45, 7) is 5.65. The molecule has 24 heavy (non-hydrogen) atoms. The quantitative estimate of drug-likeness (QED) is 0.600. The highest BCUT2D eigenvalue weighted by Gasteiger charge is 2.43. The second-order valence-electron chi connectivity index (χ2n) is 6.34. The Labute approximate surface area is 154 Å². The highest BCUT2D eigenvalue weighted by atomic mass is 35.5. The molecule has 2 rings (SSSR count). The van der Waals surface area contributed by atoms with Gasteiger partial charge in [0.15, 0.2) is 0 Å². The molecule has 0 aliphatic carbocycles. The lowest BCUT2D eigenvalue weighted by atomic mass is 9.88. The molecule has 1 aliphatic heterocycles. The monoisotopic (exact) mass is 380 g/mol. The molecule has 4 atom stereocenters. The van der Waals surface area contributed by atoms with Gasteiger partial charge in [0.2, 0.25) is 5.91 Å². The molecule has 138 valence electrons. The number of H-pyrrole nitrogens is 1. The van der Waals surface area contributed by atoms with E-state index in [2.05, 4.69) is 34.4 Å². The van der Waals surface area contributed by atoms with Crippen LogP contribution in [0.25, 0.3) is 0 Å². The summed E-state index contributed by atoms with van der Waals surface area (Å²) in [6.07, 6.45) is 4.63. The summed E-state index contributed by atoms with van der Waals surface area (Å²) in [5, 5.41) is 15.4. The minimum Gasteiger partial charge on any atom is -0.480 e. The van der Waals surface area contributed by atoms with Gasteiger partial charge in [0, 0.05) is 37.3 Å². The van der Waals surface area contributed by atoms with Crippen LogP contribution in [0.3, 0.4) is 0 Å². The van der Waals surface area contributed by atoms with Gasteiger partial charge in [-0.1, -0.05) is 13.8 Å². The number of hydrogen-bond acceptors (Lipinski definition) is 4. The number of aromatic nitrogens is 2. The van der Waals surface area contributed by atoms with Crippen LogP contribution in [0.5, 0.6) is 0 Å². The summed E-state index contributed by atoms with van der Waals surface area (Å²) in [6, 6.07) is -0.904. The number of carboxylic acid groups (broad SMARTS) is 1. The number of rotatable bonds is 6. The Morgan fingerprint density at radius 1 is 1.42 bits per heavy atom. The van der Waals surface area contributed by atoms with Crippen molar-refractivity contribution in [1.29, 1.82) is 0 Å². The lowest BCUT2D eigenvalue weighted by Crippen LogP contribution is -2.51. The van der Waals surface area contributed by atoms with Gasteiger partial charge in [0.25, 0.3) is 0 Å². The lowest BCUT2D eigenvalue weighted by Gasteiger charge is -2.30. The van der Waals surface area contributed by atoms with Crippen LogP contribution in [0.1, 0.15) is 45.4 Å². The largest absolute Gasteiger partial charge is 0.480 e. The molecule has 0 aromatic carbocycles. The number of nitrogens with one attached hydrogen (secondary N) is 3. The fourth-order valence-corrected chi connectivity index (χ4v) is 3.21. The van der Waals surface area contributed by atoms with Crippen LogP contribution in [0.15, 0.2) is 12.4 Å². The normalized spacial score (nSPS) is 23.9. The maximum atomic E-state index is 11.5. The molecule has 1 aliphatic rings. The van der Waals surface area contributed by atoms with Crippen molar-refractivity contribution in [3.63, 3.8) is 0 Å². The predicted octanol–water partition coefficient (Wildman–Crippen LogP) is 1.70. The van der Waals surface area contributed by atoms with Crippen molar-refractivity contribution in [2.45, 2.75) is 57.7 Å². The van der Waals surface area contributed by atoms with E-state index in [4.69, 9.17) is 0 Å². The van der Waals surface area contributed by atoms with Gasteiger partial charge in [-0.3, -0.25) is 14.9 Å². The molecule has 9 heteroatoms. The van der Waals surface area contributed by atoms with E-state index in [0.717, 1.165) is 12.2 Å². The van der Waals surface area contributed by atoms with Gasteiger partial charge in [0.1, 0.15) is 11.9 Å². The van der Waals surface area contributed by atoms with Crippen LogP contribution in [0.4, 0.5) is 0 Å². The molecule has 1 fully saturated rings. The Balaban J connectivity index is 0.00000264. The maximum Gasteiger partial charge on any atom is 0.320 e. The fraction of sp³-hybridized carbons (Fsp3) is 0.667. The number of hydrogen-bond donors (Lipinski definition) is 4. The predicted molar refractivity (Wildman–Crippen MR) is 95.8 cm³/mol. The Morgan fingerprint density at radius 2 is 2.08 bits per heavy atom. The first-order valence-electron chi connectivity index (χ1n) is 7.63. The molecule has 2 heterocycles. The van der Waals surface area contributed by atoms with E-state index in [-0.39, 0.29) is 48.7 Å². The van der Waals surface area contributed by atoms with Gasteiger partial charge in [-0.2, -0.15) is 0 Å². The van der Waals surface area contributed by atoms with Crippen molar-refractivity contribution in [1.82, 2.24) is 20.6 Å². The highest BCUT2D eigenvalue weighted by molar-refractivity contribution is 5.85. The van der Waals surface area contributed by atoms with Crippen molar-refractivity contribution in [2.75, 3.05) is 0 Å². The zero-order valence-electron chi connectivity index (χ0n) is 14.0. The molecular weight excluding hydrogens is 355 g/mol. The van der Waals surface area contributed by atoms with Crippen molar-refractivity contribution < 1.29 is 14.7 Å². The Morgan fingerprint density at radius 3 is 2.54 bits per heavy atom. The van der Waals surface area contributed by atoms with Gasteiger partial charge in [-0.05, 0) is 18.8 Å². The van der Waals surface area contributed by atoms with E-state index in [1.165, 1.54) is 6.92 Å². The van der Waals surface area contributed by atoms with E-state index in [9.17, 15) is 14.7 Å². The Bertz CT molecular complexity index is 525. The standard InChI is InChI=1S/C15H24N4O3.2ClH/c1-8(2)6-11(18-9(3)20)13-10(14-16-4-5-17-14)7-12(19-13)15(21)22;;/h4-5,8,10-13,19H,6-7H2,1-3H3,(H,16,17)(H,18,20)(H,21,22);2*1H/t10-,11+,12-,13-;;/m1../s1. The van der Waals surface area contributed by atoms with Gasteiger partial charge >= 0.3 is 5.97 Å². The number of aromatic amines is 1.